The molecule has 1 heterocycles. The predicted molar refractivity (Wildman–Crippen MR) is 112 cm³/mol. The lowest BCUT2D eigenvalue weighted by Crippen LogP contribution is -2.31. The highest BCUT2D eigenvalue weighted by molar-refractivity contribution is 5.98. The van der Waals surface area contributed by atoms with E-state index in [4.69, 9.17) is 0 Å². The van der Waals surface area contributed by atoms with Crippen LogP contribution in [0.5, 0.6) is 0 Å². The van der Waals surface area contributed by atoms with Crippen LogP contribution in [0.1, 0.15) is 47.2 Å². The average molecular weight is 377 g/mol. The second-order valence-corrected chi connectivity index (χ2v) is 8.00. The summed E-state index contributed by atoms with van der Waals surface area (Å²) in [6, 6.07) is 16.4. The number of hydrogen-bond donors (Lipinski definition) is 1. The van der Waals surface area contributed by atoms with E-state index in [2.05, 4.69) is 40.5 Å². The van der Waals surface area contributed by atoms with Crippen LogP contribution in [0.4, 0.5) is 5.69 Å². The number of anilines is 1. The molecule has 1 N–H and O–H groups in total. The van der Waals surface area contributed by atoms with Gasteiger partial charge in [0.2, 0.25) is 5.91 Å². The van der Waals surface area contributed by atoms with Gasteiger partial charge in [-0.3, -0.25) is 9.59 Å². The zero-order chi connectivity index (χ0) is 19.3. The van der Waals surface area contributed by atoms with Gasteiger partial charge in [-0.25, -0.2) is 0 Å². The molecule has 0 bridgehead atoms. The van der Waals surface area contributed by atoms with Crippen molar-refractivity contribution in [2.45, 2.75) is 38.5 Å². The Hall–Kier alpha value is -2.62. The standard InChI is InChI=1S/C24H28N2O2/c27-23(21-10-9-19-5-4-6-20(19)15-21)11-12-24(28)25-16-18-13-14-26(17-18)22-7-2-1-3-8-22/h1-3,7-10,15,18H,4-6,11-14,16-17H2,(H,25,28). The molecule has 0 radical (unpaired) electrons. The molecule has 146 valence electrons. The van der Waals surface area contributed by atoms with Gasteiger partial charge in [0, 0.05) is 43.7 Å². The molecule has 2 aromatic rings. The third-order valence-electron chi connectivity index (χ3n) is 5.99. The summed E-state index contributed by atoms with van der Waals surface area (Å²) in [6.45, 7) is 2.69. The highest BCUT2D eigenvalue weighted by Gasteiger charge is 2.23. The topological polar surface area (TPSA) is 49.4 Å². The van der Waals surface area contributed by atoms with Gasteiger partial charge < -0.3 is 10.2 Å². The Bertz CT molecular complexity index is 847. The van der Waals surface area contributed by atoms with Crippen LogP contribution >= 0.6 is 0 Å². The number of benzene rings is 2. The normalized spacial score (nSPS) is 18.1. The predicted octanol–water partition coefficient (Wildman–Crippen LogP) is 3.78. The van der Waals surface area contributed by atoms with Crippen LogP contribution in [0.25, 0.3) is 0 Å². The van der Waals surface area contributed by atoms with Crippen LogP contribution in [0.3, 0.4) is 0 Å². The van der Waals surface area contributed by atoms with Gasteiger partial charge in [0.1, 0.15) is 0 Å². The van der Waals surface area contributed by atoms with Gasteiger partial charge in [0.15, 0.2) is 5.78 Å². The van der Waals surface area contributed by atoms with E-state index >= 15 is 0 Å². The van der Waals surface area contributed by atoms with Crippen molar-refractivity contribution in [1.82, 2.24) is 5.32 Å². The average Bonchev–Trinajstić information content (AvgIpc) is 3.40. The maximum atomic E-state index is 12.4. The molecule has 4 nitrogen and oxygen atoms in total. The second kappa shape index (κ2) is 8.59. The monoisotopic (exact) mass is 376 g/mol. The number of carbonyl (C=O) groups excluding carboxylic acids is 2. The summed E-state index contributed by atoms with van der Waals surface area (Å²) in [7, 11) is 0. The molecule has 2 aliphatic rings. The van der Waals surface area contributed by atoms with E-state index in [1.807, 2.05) is 18.2 Å². The largest absolute Gasteiger partial charge is 0.371 e. The van der Waals surface area contributed by atoms with Crippen molar-refractivity contribution in [2.75, 3.05) is 24.5 Å². The second-order valence-electron chi connectivity index (χ2n) is 8.00. The van der Waals surface area contributed by atoms with Crippen LogP contribution in [-0.4, -0.2) is 31.3 Å². The summed E-state index contributed by atoms with van der Waals surface area (Å²) in [6.07, 6.45) is 5.01. The Kier molecular flexibility index (Phi) is 5.75. The zero-order valence-corrected chi connectivity index (χ0v) is 16.3. The molecule has 4 heteroatoms. The summed E-state index contributed by atoms with van der Waals surface area (Å²) in [5.41, 5.74) is 4.67. The van der Waals surface area contributed by atoms with Crippen LogP contribution in [0, 0.1) is 5.92 Å². The fourth-order valence-electron chi connectivity index (χ4n) is 4.34. The first-order valence-electron chi connectivity index (χ1n) is 10.4. The number of fused-ring (bicyclic) bond motifs is 1. The Morgan fingerprint density at radius 1 is 1.00 bits per heavy atom. The molecule has 2 aromatic carbocycles. The third-order valence-corrected chi connectivity index (χ3v) is 5.99. The SMILES string of the molecule is O=C(CCC(=O)c1ccc2c(c1)CCC2)NCC1CCN(c2ccccc2)C1. The number of nitrogens with one attached hydrogen (secondary N) is 1. The molecule has 1 aliphatic heterocycles. The summed E-state index contributed by atoms with van der Waals surface area (Å²) >= 11 is 0. The fraction of sp³-hybridized carbons (Fsp3) is 0.417. The number of carbonyl (C=O) groups is 2. The molecule has 0 saturated carbocycles. The van der Waals surface area contributed by atoms with Crippen molar-refractivity contribution in [3.8, 4) is 0 Å². The number of amides is 1. The lowest BCUT2D eigenvalue weighted by molar-refractivity contribution is -0.121. The van der Waals surface area contributed by atoms with Crippen molar-refractivity contribution < 1.29 is 9.59 Å². The Labute approximate surface area is 166 Å². The van der Waals surface area contributed by atoms with Gasteiger partial charge in [-0.2, -0.15) is 0 Å². The summed E-state index contributed by atoms with van der Waals surface area (Å²) in [5, 5.41) is 3.03. The minimum Gasteiger partial charge on any atom is -0.371 e. The minimum absolute atomic E-state index is 0.0207. The molecule has 0 aromatic heterocycles. The fourth-order valence-corrected chi connectivity index (χ4v) is 4.34. The van der Waals surface area contributed by atoms with Crippen molar-refractivity contribution in [1.29, 1.82) is 0 Å². The summed E-state index contributed by atoms with van der Waals surface area (Å²) < 4.78 is 0. The molecular formula is C24H28N2O2. The molecule has 1 saturated heterocycles. The van der Waals surface area contributed by atoms with Crippen LogP contribution in [0.15, 0.2) is 48.5 Å². The highest BCUT2D eigenvalue weighted by Crippen LogP contribution is 2.24. The molecule has 4 rings (SSSR count). The van der Waals surface area contributed by atoms with Gasteiger partial charge in [0.25, 0.3) is 0 Å². The van der Waals surface area contributed by atoms with E-state index in [1.165, 1.54) is 23.2 Å². The van der Waals surface area contributed by atoms with E-state index in [0.717, 1.165) is 37.9 Å². The molecule has 28 heavy (non-hydrogen) atoms. The number of nitrogens with zero attached hydrogens (tertiary/aromatic N) is 1. The Balaban J connectivity index is 1.19. The maximum absolute atomic E-state index is 12.4. The van der Waals surface area contributed by atoms with Crippen LogP contribution in [-0.2, 0) is 17.6 Å². The molecular weight excluding hydrogens is 348 g/mol. The van der Waals surface area contributed by atoms with E-state index in [1.54, 1.807) is 0 Å². The number of para-hydroxylation sites is 1. The van der Waals surface area contributed by atoms with E-state index in [9.17, 15) is 9.59 Å². The smallest absolute Gasteiger partial charge is 0.220 e. The number of ketones is 1. The number of Topliss-reactive ketones (excluding diaryl/α,β-unsaturated/α-hetero) is 1. The number of rotatable bonds is 7. The highest BCUT2D eigenvalue weighted by atomic mass is 16.2. The number of hydrogen-bond acceptors (Lipinski definition) is 3. The van der Waals surface area contributed by atoms with Gasteiger partial charge in [0.05, 0.1) is 0 Å². The van der Waals surface area contributed by atoms with Crippen molar-refractivity contribution >= 4 is 17.4 Å². The number of aryl methyl sites for hydroxylation is 2. The Morgan fingerprint density at radius 3 is 2.68 bits per heavy atom. The third kappa shape index (κ3) is 4.44. The van der Waals surface area contributed by atoms with Crippen molar-refractivity contribution in [3.05, 3.63) is 65.2 Å². The lowest BCUT2D eigenvalue weighted by Gasteiger charge is -2.18. The summed E-state index contributed by atoms with van der Waals surface area (Å²) in [5.74, 6) is 0.519. The molecule has 1 amide bonds. The van der Waals surface area contributed by atoms with Crippen molar-refractivity contribution in [2.24, 2.45) is 5.92 Å². The molecule has 0 spiro atoms. The van der Waals surface area contributed by atoms with Crippen LogP contribution < -0.4 is 10.2 Å². The van der Waals surface area contributed by atoms with E-state index in [0.29, 0.717) is 12.5 Å². The quantitative estimate of drug-likeness (QED) is 0.748. The first kappa shape index (κ1) is 18.7. The van der Waals surface area contributed by atoms with Gasteiger partial charge >= 0.3 is 0 Å². The lowest BCUT2D eigenvalue weighted by atomic mass is 10.0. The first-order chi connectivity index (χ1) is 13.7. The maximum Gasteiger partial charge on any atom is 0.220 e. The minimum atomic E-state index is -0.0207. The zero-order valence-electron chi connectivity index (χ0n) is 16.3. The first-order valence-corrected chi connectivity index (χ1v) is 10.4. The molecule has 1 aliphatic carbocycles. The Morgan fingerprint density at radius 2 is 1.82 bits per heavy atom. The van der Waals surface area contributed by atoms with Crippen molar-refractivity contribution in [3.63, 3.8) is 0 Å². The van der Waals surface area contributed by atoms with Gasteiger partial charge in [-0.05, 0) is 60.9 Å². The van der Waals surface area contributed by atoms with E-state index < -0.39 is 0 Å². The van der Waals surface area contributed by atoms with Crippen LogP contribution in [0.2, 0.25) is 0 Å². The summed E-state index contributed by atoms with van der Waals surface area (Å²) in [4.78, 5) is 27.0. The van der Waals surface area contributed by atoms with Gasteiger partial charge in [-0.1, -0.05) is 30.3 Å². The molecule has 1 unspecified atom stereocenters. The van der Waals surface area contributed by atoms with E-state index in [-0.39, 0.29) is 24.5 Å². The van der Waals surface area contributed by atoms with Gasteiger partial charge in [-0.15, -0.1) is 0 Å². The molecule has 1 fully saturated rings. The molecule has 1 atom stereocenters.